The van der Waals surface area contributed by atoms with Gasteiger partial charge in [0.25, 0.3) is 0 Å². The molecule has 3 N–H and O–H groups in total. The summed E-state index contributed by atoms with van der Waals surface area (Å²) in [5, 5.41) is 10.7. The zero-order valence-electron chi connectivity index (χ0n) is 66.9. The van der Waals surface area contributed by atoms with E-state index in [4.69, 9.17) is 37.0 Å². The maximum atomic E-state index is 13.1. The zero-order valence-corrected chi connectivity index (χ0v) is 68.7. The Labute approximate surface area is 654 Å². The third-order valence-electron chi connectivity index (χ3n) is 16.3. The second kappa shape index (κ2) is 79.3. The number of allylic oxidation sites excluding steroid dienone is 30. The molecule has 0 aliphatic rings. The first-order chi connectivity index (χ1) is 52.7. The van der Waals surface area contributed by atoms with Gasteiger partial charge in [0.1, 0.15) is 19.3 Å². The summed E-state index contributed by atoms with van der Waals surface area (Å²) in [6, 6.07) is 0. The van der Waals surface area contributed by atoms with E-state index in [-0.39, 0.29) is 25.7 Å². The van der Waals surface area contributed by atoms with Crippen LogP contribution in [0.2, 0.25) is 0 Å². The van der Waals surface area contributed by atoms with Gasteiger partial charge in [-0.05, 0) is 167 Å². The fraction of sp³-hybridized carbons (Fsp3) is 0.618. The van der Waals surface area contributed by atoms with Crippen LogP contribution in [-0.4, -0.2) is 96.7 Å². The maximum Gasteiger partial charge on any atom is 0.472 e. The molecule has 5 atom stereocenters. The molecule has 0 fully saturated rings. The van der Waals surface area contributed by atoms with E-state index in [1.54, 1.807) is 0 Å². The second-order valence-electron chi connectivity index (χ2n) is 26.6. The molecule has 0 aliphatic carbocycles. The Morgan fingerprint density at radius 3 is 0.778 bits per heavy atom. The van der Waals surface area contributed by atoms with Crippen molar-refractivity contribution in [1.29, 1.82) is 0 Å². The standard InChI is InChI=1S/C89H144O17P2/c1-5-9-13-17-21-25-29-33-36-39-41-44-46-50-53-57-61-65-69-73-86(91)99-79-84(105-88(93)75-71-67-63-59-55-49-32-28-24-20-16-12-8-4)81-103-107(95,96)101-77-83(90)78-102-108(97,98)104-82-85(106-89(94)76-72-68-64-60-56-52-48-43-38-35-31-27-23-19-15-11-7-3)80-100-87(92)74-70-66-62-58-54-51-47-45-42-40-37-34-30-26-22-18-14-10-6-2/h9-11,13-16,20-23,25-28,32-38,41-42,44-45,48,52,60,64,83-85,90H,5-8,12,17-19,24,29-31,39-40,43,46-47,49-51,53-59,61-63,65-82H2,1-4H3,(H,95,96)(H,97,98)/b13-9-,14-10-,15-11-,20-16-,25-21-,26-22-,27-23-,32-28-,36-33-,37-34-,38-35-,44-41-,45-42-,52-48-,64-60-. The Hall–Kier alpha value is -5.84. The highest BCUT2D eigenvalue weighted by molar-refractivity contribution is 7.47. The lowest BCUT2D eigenvalue weighted by Crippen LogP contribution is -2.30. The molecule has 612 valence electrons. The summed E-state index contributed by atoms with van der Waals surface area (Å²) in [5.41, 5.74) is 0. The molecule has 17 nitrogen and oxygen atoms in total. The Morgan fingerprint density at radius 2 is 0.491 bits per heavy atom. The molecule has 0 amide bonds. The summed E-state index contributed by atoms with van der Waals surface area (Å²) < 4.78 is 68.6. The van der Waals surface area contributed by atoms with Gasteiger partial charge in [0.05, 0.1) is 26.4 Å². The zero-order chi connectivity index (χ0) is 78.9. The van der Waals surface area contributed by atoms with E-state index in [1.807, 2.05) is 12.2 Å². The number of hydrogen-bond donors (Lipinski definition) is 3. The summed E-state index contributed by atoms with van der Waals surface area (Å²) >= 11 is 0. The number of phosphoric ester groups is 2. The van der Waals surface area contributed by atoms with Crippen LogP contribution in [0.4, 0.5) is 0 Å². The number of aliphatic hydroxyl groups excluding tert-OH is 1. The van der Waals surface area contributed by atoms with E-state index >= 15 is 0 Å². The van der Waals surface area contributed by atoms with Gasteiger partial charge in [-0.25, -0.2) is 9.13 Å². The van der Waals surface area contributed by atoms with Crippen molar-refractivity contribution in [3.05, 3.63) is 182 Å². The van der Waals surface area contributed by atoms with Crippen LogP contribution in [-0.2, 0) is 65.4 Å². The fourth-order valence-corrected chi connectivity index (χ4v) is 11.8. The number of esters is 4. The van der Waals surface area contributed by atoms with Gasteiger partial charge in [0.15, 0.2) is 12.2 Å². The maximum absolute atomic E-state index is 13.1. The molecule has 0 aromatic heterocycles. The third-order valence-corrected chi connectivity index (χ3v) is 18.2. The predicted molar refractivity (Wildman–Crippen MR) is 445 cm³/mol. The highest BCUT2D eigenvalue weighted by Gasteiger charge is 2.30. The Balaban J connectivity index is 5.45. The van der Waals surface area contributed by atoms with Gasteiger partial charge in [-0.2, -0.15) is 0 Å². The highest BCUT2D eigenvalue weighted by atomic mass is 31.2. The SMILES string of the molecule is CC/C=C\C/C=C\C/C=C\C/C=C\C/C=C\CCCC(=O)OC(COC(=O)CCCCCCCC/C=C\C/C=C\C/C=C\C/C=C\CC)COP(=O)(O)OCC(O)COP(=O)(O)OCC(COC(=O)CCCCCCCC/C=C\C/C=C\C/C=C\C/C=C\CC)OC(=O)CCCCCCC/C=C\C/C=C\CCC. The van der Waals surface area contributed by atoms with E-state index in [0.717, 1.165) is 212 Å². The van der Waals surface area contributed by atoms with Gasteiger partial charge < -0.3 is 33.8 Å². The van der Waals surface area contributed by atoms with Crippen molar-refractivity contribution in [2.75, 3.05) is 39.6 Å². The number of hydrogen-bond acceptors (Lipinski definition) is 15. The lowest BCUT2D eigenvalue weighted by atomic mass is 10.1. The van der Waals surface area contributed by atoms with Crippen molar-refractivity contribution in [2.45, 2.75) is 316 Å². The van der Waals surface area contributed by atoms with Gasteiger partial charge in [-0.15, -0.1) is 0 Å². The number of ether oxygens (including phenoxy) is 4. The van der Waals surface area contributed by atoms with Crippen LogP contribution in [0.5, 0.6) is 0 Å². The number of aliphatic hydroxyl groups is 1. The molecule has 0 saturated heterocycles. The van der Waals surface area contributed by atoms with E-state index < -0.39 is 97.5 Å². The summed E-state index contributed by atoms with van der Waals surface area (Å²) in [7, 11) is -10.0. The van der Waals surface area contributed by atoms with Crippen LogP contribution in [0.25, 0.3) is 0 Å². The topological polar surface area (TPSA) is 237 Å². The molecule has 0 aliphatic heterocycles. The lowest BCUT2D eigenvalue weighted by Gasteiger charge is -2.21. The van der Waals surface area contributed by atoms with Gasteiger partial charge in [0, 0.05) is 25.7 Å². The summed E-state index contributed by atoms with van der Waals surface area (Å²) in [5.74, 6) is -2.30. The van der Waals surface area contributed by atoms with Gasteiger partial charge in [0.2, 0.25) is 0 Å². The van der Waals surface area contributed by atoms with Crippen molar-refractivity contribution in [2.24, 2.45) is 0 Å². The van der Waals surface area contributed by atoms with Crippen LogP contribution in [0.3, 0.4) is 0 Å². The van der Waals surface area contributed by atoms with Crippen molar-refractivity contribution in [3.8, 4) is 0 Å². The summed E-state index contributed by atoms with van der Waals surface area (Å²) in [6.07, 6.45) is 95.8. The molecule has 0 bridgehead atoms. The largest absolute Gasteiger partial charge is 0.472 e. The van der Waals surface area contributed by atoms with E-state index in [0.29, 0.717) is 32.1 Å². The van der Waals surface area contributed by atoms with E-state index in [1.165, 1.54) is 0 Å². The monoisotopic (exact) mass is 1550 g/mol. The first kappa shape index (κ1) is 102. The molecule has 0 radical (unpaired) electrons. The second-order valence-corrected chi connectivity index (χ2v) is 29.5. The Kier molecular flexibility index (Phi) is 75.0. The molecule has 0 aromatic rings. The molecular weight excluding hydrogens is 1400 g/mol. The number of rotatable bonds is 75. The predicted octanol–water partition coefficient (Wildman–Crippen LogP) is 24.3. The smallest absolute Gasteiger partial charge is 0.462 e. The molecule has 0 spiro atoms. The van der Waals surface area contributed by atoms with Crippen molar-refractivity contribution in [1.82, 2.24) is 0 Å². The molecule has 108 heavy (non-hydrogen) atoms. The highest BCUT2D eigenvalue weighted by Crippen LogP contribution is 2.45. The minimum absolute atomic E-state index is 0.00612. The number of phosphoric acid groups is 2. The first-order valence-corrected chi connectivity index (χ1v) is 44.0. The number of carbonyl (C=O) groups is 4. The Bertz CT molecular complexity index is 2760. The lowest BCUT2D eigenvalue weighted by molar-refractivity contribution is -0.161. The third kappa shape index (κ3) is 78.3. The molecular formula is C89H144O17P2. The van der Waals surface area contributed by atoms with Gasteiger partial charge >= 0.3 is 39.5 Å². The Morgan fingerprint density at radius 1 is 0.269 bits per heavy atom. The van der Waals surface area contributed by atoms with Crippen LogP contribution in [0.1, 0.15) is 297 Å². The molecule has 0 saturated carbocycles. The van der Waals surface area contributed by atoms with Crippen molar-refractivity contribution >= 4 is 39.5 Å². The van der Waals surface area contributed by atoms with Crippen LogP contribution in [0.15, 0.2) is 182 Å². The number of unbranched alkanes of at least 4 members (excludes halogenated alkanes) is 19. The summed E-state index contributed by atoms with van der Waals surface area (Å²) in [6.45, 7) is 4.35. The first-order valence-electron chi connectivity index (χ1n) is 41.0. The van der Waals surface area contributed by atoms with Crippen LogP contribution >= 0.6 is 15.6 Å². The molecule has 0 rings (SSSR count). The van der Waals surface area contributed by atoms with E-state index in [2.05, 4.69) is 198 Å². The molecule has 5 unspecified atom stereocenters. The normalized spacial score (nSPS) is 14.8. The van der Waals surface area contributed by atoms with Crippen LogP contribution < -0.4 is 0 Å². The minimum atomic E-state index is -5.01. The van der Waals surface area contributed by atoms with Crippen molar-refractivity contribution < 1.29 is 80.2 Å². The molecule has 0 heterocycles. The average molecular weight is 1550 g/mol. The van der Waals surface area contributed by atoms with Gasteiger partial charge in [-0.1, -0.05) is 287 Å². The molecule has 0 aromatic carbocycles. The average Bonchev–Trinajstić information content (AvgIpc) is 0.905. The summed E-state index contributed by atoms with van der Waals surface area (Å²) in [4.78, 5) is 73.1. The number of carbonyl (C=O) groups excluding carboxylic acids is 4. The van der Waals surface area contributed by atoms with Gasteiger partial charge in [-0.3, -0.25) is 37.3 Å². The van der Waals surface area contributed by atoms with Crippen LogP contribution in [0, 0.1) is 0 Å². The quantitative estimate of drug-likeness (QED) is 0.0169. The van der Waals surface area contributed by atoms with Crippen molar-refractivity contribution in [3.63, 3.8) is 0 Å². The fourth-order valence-electron chi connectivity index (χ4n) is 10.2. The minimum Gasteiger partial charge on any atom is -0.462 e. The molecule has 19 heteroatoms. The van der Waals surface area contributed by atoms with E-state index in [9.17, 15) is 43.2 Å².